The van der Waals surface area contributed by atoms with Crippen molar-refractivity contribution in [2.75, 3.05) is 0 Å². The number of phenols is 1. The fourth-order valence-corrected chi connectivity index (χ4v) is 3.93. The Morgan fingerprint density at radius 3 is 2.34 bits per heavy atom. The minimum atomic E-state index is -0.467. The Labute approximate surface area is 189 Å². The summed E-state index contributed by atoms with van der Waals surface area (Å²) in [5.41, 5.74) is 4.45. The van der Waals surface area contributed by atoms with Crippen molar-refractivity contribution >= 4 is 16.8 Å². The number of amides is 1. The van der Waals surface area contributed by atoms with Gasteiger partial charge in [-0.25, -0.2) is 0 Å². The first kappa shape index (κ1) is 21.6. The Balaban J connectivity index is 1.65. The van der Waals surface area contributed by atoms with E-state index in [0.29, 0.717) is 29.8 Å². The van der Waals surface area contributed by atoms with Gasteiger partial charge < -0.3 is 10.4 Å². The second-order valence-electron chi connectivity index (χ2n) is 8.39. The van der Waals surface area contributed by atoms with Crippen molar-refractivity contribution in [1.29, 1.82) is 0 Å². The maximum absolute atomic E-state index is 12.9. The van der Waals surface area contributed by atoms with Crippen LogP contribution in [0.3, 0.4) is 0 Å². The van der Waals surface area contributed by atoms with Crippen LogP contribution in [0.5, 0.6) is 5.75 Å². The molecule has 1 atom stereocenters. The predicted octanol–water partition coefficient (Wildman–Crippen LogP) is 5.90. The standard InChI is InChI=1S/C28H28N2O2/c1-19(2)21-11-13-23(14-12-21)26(30-25(31)17-10-20-7-4-3-5-8-20)24-16-15-22-9-6-18-29-27(22)28(24)32/h3-9,11-16,18-19,26,32H,10,17H2,1-2H3,(H,30,31). The van der Waals surface area contributed by atoms with E-state index in [0.717, 1.165) is 16.5 Å². The normalized spacial score (nSPS) is 12.1. The van der Waals surface area contributed by atoms with Crippen molar-refractivity contribution in [2.45, 2.75) is 38.6 Å². The van der Waals surface area contributed by atoms with Crippen LogP contribution in [-0.2, 0) is 11.2 Å². The summed E-state index contributed by atoms with van der Waals surface area (Å²) in [5, 5.41) is 15.0. The van der Waals surface area contributed by atoms with Crippen molar-refractivity contribution in [3.05, 3.63) is 107 Å². The Morgan fingerprint density at radius 1 is 0.906 bits per heavy atom. The van der Waals surface area contributed by atoms with E-state index < -0.39 is 6.04 Å². The first-order valence-corrected chi connectivity index (χ1v) is 11.0. The highest BCUT2D eigenvalue weighted by molar-refractivity contribution is 5.86. The van der Waals surface area contributed by atoms with Gasteiger partial charge >= 0.3 is 0 Å². The molecule has 4 heteroatoms. The second kappa shape index (κ2) is 9.65. The van der Waals surface area contributed by atoms with Crippen LogP contribution in [-0.4, -0.2) is 16.0 Å². The van der Waals surface area contributed by atoms with E-state index in [1.165, 1.54) is 5.56 Å². The van der Waals surface area contributed by atoms with Gasteiger partial charge in [-0.2, -0.15) is 0 Å². The Hall–Kier alpha value is -3.66. The molecule has 0 aliphatic rings. The van der Waals surface area contributed by atoms with E-state index in [1.807, 2.05) is 66.7 Å². The molecule has 3 aromatic carbocycles. The van der Waals surface area contributed by atoms with Gasteiger partial charge in [0.1, 0.15) is 11.3 Å². The summed E-state index contributed by atoms with van der Waals surface area (Å²) in [6.45, 7) is 4.30. The number of carbonyl (C=O) groups is 1. The molecule has 2 N–H and O–H groups in total. The zero-order chi connectivity index (χ0) is 22.5. The molecule has 0 spiro atoms. The molecular formula is C28H28N2O2. The number of carbonyl (C=O) groups excluding carboxylic acids is 1. The quantitative estimate of drug-likeness (QED) is 0.388. The van der Waals surface area contributed by atoms with Gasteiger partial charge in [-0.05, 0) is 35.1 Å². The zero-order valence-corrected chi connectivity index (χ0v) is 18.5. The topological polar surface area (TPSA) is 62.2 Å². The molecule has 0 saturated carbocycles. The number of rotatable bonds is 7. The van der Waals surface area contributed by atoms with Crippen LogP contribution in [0.15, 0.2) is 85.1 Å². The summed E-state index contributed by atoms with van der Waals surface area (Å²) in [6, 6.07) is 25.3. The molecule has 1 amide bonds. The van der Waals surface area contributed by atoms with Gasteiger partial charge in [-0.1, -0.05) is 86.6 Å². The predicted molar refractivity (Wildman–Crippen MR) is 129 cm³/mol. The number of hydrogen-bond acceptors (Lipinski definition) is 3. The van der Waals surface area contributed by atoms with Gasteiger partial charge in [0.25, 0.3) is 0 Å². The van der Waals surface area contributed by atoms with Crippen molar-refractivity contribution in [3.8, 4) is 5.75 Å². The molecule has 1 unspecified atom stereocenters. The summed E-state index contributed by atoms with van der Waals surface area (Å²) in [6.07, 6.45) is 2.70. The molecule has 0 radical (unpaired) electrons. The van der Waals surface area contributed by atoms with E-state index in [4.69, 9.17) is 0 Å². The highest BCUT2D eigenvalue weighted by Gasteiger charge is 2.22. The summed E-state index contributed by atoms with van der Waals surface area (Å²) in [4.78, 5) is 17.3. The van der Waals surface area contributed by atoms with E-state index in [2.05, 4.69) is 36.3 Å². The maximum Gasteiger partial charge on any atom is 0.221 e. The number of aromatic hydroxyl groups is 1. The number of phenolic OH excluding ortho intramolecular Hbond substituents is 1. The Morgan fingerprint density at radius 2 is 1.62 bits per heavy atom. The molecule has 162 valence electrons. The van der Waals surface area contributed by atoms with Crippen LogP contribution >= 0.6 is 0 Å². The third kappa shape index (κ3) is 4.80. The number of fused-ring (bicyclic) bond motifs is 1. The fourth-order valence-electron chi connectivity index (χ4n) is 3.93. The molecular weight excluding hydrogens is 396 g/mol. The van der Waals surface area contributed by atoms with Gasteiger partial charge in [0.05, 0.1) is 6.04 Å². The number of benzene rings is 3. The minimum absolute atomic E-state index is 0.0627. The second-order valence-corrected chi connectivity index (χ2v) is 8.39. The average molecular weight is 425 g/mol. The molecule has 4 nitrogen and oxygen atoms in total. The number of pyridine rings is 1. The molecule has 32 heavy (non-hydrogen) atoms. The summed E-state index contributed by atoms with van der Waals surface area (Å²) >= 11 is 0. The lowest BCUT2D eigenvalue weighted by molar-refractivity contribution is -0.121. The lowest BCUT2D eigenvalue weighted by Gasteiger charge is -2.22. The molecule has 0 aliphatic carbocycles. The molecule has 0 bridgehead atoms. The van der Waals surface area contributed by atoms with Gasteiger partial charge in [0.2, 0.25) is 5.91 Å². The number of nitrogens with one attached hydrogen (secondary N) is 1. The highest BCUT2D eigenvalue weighted by atomic mass is 16.3. The number of aryl methyl sites for hydroxylation is 1. The number of nitrogens with zero attached hydrogens (tertiary/aromatic N) is 1. The molecule has 0 saturated heterocycles. The monoisotopic (exact) mass is 424 g/mol. The van der Waals surface area contributed by atoms with Crippen molar-refractivity contribution in [2.24, 2.45) is 0 Å². The summed E-state index contributed by atoms with van der Waals surface area (Å²) in [5.74, 6) is 0.456. The van der Waals surface area contributed by atoms with Gasteiger partial charge in [-0.15, -0.1) is 0 Å². The van der Waals surface area contributed by atoms with Gasteiger partial charge in [0.15, 0.2) is 0 Å². The Bertz CT molecular complexity index is 1200. The molecule has 4 aromatic rings. The van der Waals surface area contributed by atoms with Gasteiger partial charge in [0, 0.05) is 23.6 Å². The minimum Gasteiger partial charge on any atom is -0.505 e. The first-order chi connectivity index (χ1) is 15.5. The zero-order valence-electron chi connectivity index (χ0n) is 18.5. The van der Waals surface area contributed by atoms with E-state index in [9.17, 15) is 9.90 Å². The fraction of sp³-hybridized carbons (Fsp3) is 0.214. The SMILES string of the molecule is CC(C)c1ccc(C(NC(=O)CCc2ccccc2)c2ccc3cccnc3c2O)cc1. The van der Waals surface area contributed by atoms with E-state index in [1.54, 1.807) is 6.20 Å². The molecule has 1 heterocycles. The van der Waals surface area contributed by atoms with Gasteiger partial charge in [-0.3, -0.25) is 9.78 Å². The largest absolute Gasteiger partial charge is 0.505 e. The molecule has 4 rings (SSSR count). The van der Waals surface area contributed by atoms with Crippen LogP contribution in [0.25, 0.3) is 10.9 Å². The van der Waals surface area contributed by atoms with Crippen LogP contribution in [0.1, 0.15) is 54.5 Å². The number of hydrogen-bond donors (Lipinski definition) is 2. The Kier molecular flexibility index (Phi) is 6.50. The van der Waals surface area contributed by atoms with Crippen LogP contribution in [0, 0.1) is 0 Å². The van der Waals surface area contributed by atoms with Crippen LogP contribution in [0.2, 0.25) is 0 Å². The smallest absolute Gasteiger partial charge is 0.221 e. The average Bonchev–Trinajstić information content (AvgIpc) is 2.83. The molecule has 1 aromatic heterocycles. The third-order valence-corrected chi connectivity index (χ3v) is 5.82. The third-order valence-electron chi connectivity index (χ3n) is 5.82. The molecule has 0 aliphatic heterocycles. The van der Waals surface area contributed by atoms with Crippen LogP contribution in [0.4, 0.5) is 0 Å². The summed E-state index contributed by atoms with van der Waals surface area (Å²) < 4.78 is 0. The van der Waals surface area contributed by atoms with Crippen molar-refractivity contribution in [1.82, 2.24) is 10.3 Å². The molecule has 0 fully saturated rings. The highest BCUT2D eigenvalue weighted by Crippen LogP contribution is 2.35. The van der Waals surface area contributed by atoms with E-state index >= 15 is 0 Å². The maximum atomic E-state index is 12.9. The lowest BCUT2D eigenvalue weighted by Crippen LogP contribution is -2.29. The first-order valence-electron chi connectivity index (χ1n) is 11.0. The van der Waals surface area contributed by atoms with Crippen LogP contribution < -0.4 is 5.32 Å². The van der Waals surface area contributed by atoms with Crippen molar-refractivity contribution < 1.29 is 9.90 Å². The lowest BCUT2D eigenvalue weighted by atomic mass is 9.93. The van der Waals surface area contributed by atoms with E-state index in [-0.39, 0.29) is 11.7 Å². The number of aromatic nitrogens is 1. The van der Waals surface area contributed by atoms with Crippen molar-refractivity contribution in [3.63, 3.8) is 0 Å². The summed E-state index contributed by atoms with van der Waals surface area (Å²) in [7, 11) is 0.